The molecule has 0 aliphatic carbocycles. The summed E-state index contributed by atoms with van der Waals surface area (Å²) in [6, 6.07) is 0.0638. The fourth-order valence-corrected chi connectivity index (χ4v) is 2.55. The smallest absolute Gasteiger partial charge is 0.323 e. The molecular formula is C10H18N4OS2. The van der Waals surface area contributed by atoms with Crippen molar-refractivity contribution in [2.75, 3.05) is 24.4 Å². The number of urea groups is 1. The Bertz CT molecular complexity index is 369. The first-order valence-corrected chi connectivity index (χ1v) is 7.64. The highest BCUT2D eigenvalue weighted by Gasteiger charge is 2.16. The Morgan fingerprint density at radius 1 is 1.59 bits per heavy atom. The number of carbonyl (C=O) groups excluding carboxylic acids is 1. The van der Waals surface area contributed by atoms with Crippen LogP contribution in [0, 0.1) is 0 Å². The first kappa shape index (κ1) is 14.2. The minimum absolute atomic E-state index is 0.134. The number of aryl methyl sites for hydroxylation is 1. The Labute approximate surface area is 110 Å². The fraction of sp³-hybridized carbons (Fsp3) is 0.700. The molecule has 0 bridgehead atoms. The number of thioether (sulfide) groups is 1. The first-order valence-electron chi connectivity index (χ1n) is 5.43. The second kappa shape index (κ2) is 6.80. The number of nitrogens with zero attached hydrogens (tertiary/aromatic N) is 3. The molecule has 0 aliphatic rings. The van der Waals surface area contributed by atoms with Crippen LogP contribution in [0.2, 0.25) is 0 Å². The Hall–Kier alpha value is -0.820. The lowest BCUT2D eigenvalue weighted by molar-refractivity contribution is 0.212. The molecule has 1 rings (SSSR count). The summed E-state index contributed by atoms with van der Waals surface area (Å²) in [5.41, 5.74) is 0. The largest absolute Gasteiger partial charge is 0.324 e. The van der Waals surface area contributed by atoms with Crippen molar-refractivity contribution in [2.45, 2.75) is 26.3 Å². The molecule has 0 saturated carbocycles. The van der Waals surface area contributed by atoms with Gasteiger partial charge in [0.05, 0.1) is 0 Å². The van der Waals surface area contributed by atoms with Crippen molar-refractivity contribution in [2.24, 2.45) is 0 Å². The lowest BCUT2D eigenvalue weighted by Crippen LogP contribution is -2.39. The van der Waals surface area contributed by atoms with E-state index in [1.807, 2.05) is 20.1 Å². The summed E-state index contributed by atoms with van der Waals surface area (Å²) in [5, 5.41) is 12.1. The van der Waals surface area contributed by atoms with Crippen molar-refractivity contribution in [3.8, 4) is 0 Å². The number of hydrogen-bond acceptors (Lipinski definition) is 5. The van der Waals surface area contributed by atoms with Crippen molar-refractivity contribution in [1.82, 2.24) is 15.1 Å². The second-order valence-corrected chi connectivity index (χ2v) is 5.67. The molecular weight excluding hydrogens is 256 g/mol. The third kappa shape index (κ3) is 4.16. The van der Waals surface area contributed by atoms with Crippen LogP contribution >= 0.6 is 23.1 Å². The van der Waals surface area contributed by atoms with Gasteiger partial charge >= 0.3 is 6.03 Å². The van der Waals surface area contributed by atoms with Crippen molar-refractivity contribution in [3.63, 3.8) is 0 Å². The number of aromatic nitrogens is 2. The number of rotatable bonds is 5. The predicted octanol–water partition coefficient (Wildman–Crippen LogP) is 2.32. The van der Waals surface area contributed by atoms with Gasteiger partial charge in [0, 0.05) is 18.8 Å². The zero-order valence-electron chi connectivity index (χ0n) is 10.6. The van der Waals surface area contributed by atoms with E-state index in [-0.39, 0.29) is 12.1 Å². The molecule has 1 aromatic heterocycles. The standard InChI is InChI=1S/C10H18N4OS2/c1-5-8-12-13-9(17-8)11-10(15)14(3)7(2)6-16-4/h7H,5-6H2,1-4H3,(H,11,13,15)/t7-/m0/s1. The highest BCUT2D eigenvalue weighted by Crippen LogP contribution is 2.16. The Balaban J connectivity index is 2.53. The summed E-state index contributed by atoms with van der Waals surface area (Å²) >= 11 is 3.14. The lowest BCUT2D eigenvalue weighted by atomic mass is 10.3. The molecule has 96 valence electrons. The average Bonchev–Trinajstić information content (AvgIpc) is 2.76. The SMILES string of the molecule is CCc1nnc(NC(=O)N(C)[C@@H](C)CSC)s1. The predicted molar refractivity (Wildman–Crippen MR) is 73.9 cm³/mol. The summed E-state index contributed by atoms with van der Waals surface area (Å²) in [6.45, 7) is 4.03. The van der Waals surface area contributed by atoms with E-state index in [1.54, 1.807) is 23.7 Å². The van der Waals surface area contributed by atoms with Gasteiger partial charge in [0.1, 0.15) is 5.01 Å². The molecule has 1 N–H and O–H groups in total. The van der Waals surface area contributed by atoms with Crippen LogP contribution in [0.15, 0.2) is 0 Å². The maximum Gasteiger partial charge on any atom is 0.323 e. The minimum atomic E-state index is -0.134. The summed E-state index contributed by atoms with van der Waals surface area (Å²) in [5.74, 6) is 0.917. The van der Waals surface area contributed by atoms with E-state index in [0.717, 1.165) is 17.2 Å². The van der Waals surface area contributed by atoms with Gasteiger partial charge in [0.25, 0.3) is 0 Å². The number of nitrogens with one attached hydrogen (secondary N) is 1. The van der Waals surface area contributed by atoms with Crippen molar-refractivity contribution in [3.05, 3.63) is 5.01 Å². The van der Waals surface area contributed by atoms with Gasteiger partial charge in [-0.15, -0.1) is 10.2 Å². The summed E-state index contributed by atoms with van der Waals surface area (Å²) < 4.78 is 0. The molecule has 7 heteroatoms. The molecule has 0 radical (unpaired) electrons. The lowest BCUT2D eigenvalue weighted by Gasteiger charge is -2.23. The van der Waals surface area contributed by atoms with Crippen LogP contribution in [0.25, 0.3) is 0 Å². The molecule has 0 fully saturated rings. The Morgan fingerprint density at radius 2 is 2.29 bits per heavy atom. The monoisotopic (exact) mass is 274 g/mol. The summed E-state index contributed by atoms with van der Waals surface area (Å²) in [7, 11) is 1.79. The van der Waals surface area contributed by atoms with Gasteiger partial charge < -0.3 is 4.90 Å². The van der Waals surface area contributed by atoms with E-state index >= 15 is 0 Å². The molecule has 0 aliphatic heterocycles. The second-order valence-electron chi connectivity index (χ2n) is 3.70. The van der Waals surface area contributed by atoms with Crippen molar-refractivity contribution in [1.29, 1.82) is 0 Å². The molecule has 2 amide bonds. The van der Waals surface area contributed by atoms with E-state index in [4.69, 9.17) is 0 Å². The zero-order chi connectivity index (χ0) is 12.8. The van der Waals surface area contributed by atoms with Crippen LogP contribution in [0.4, 0.5) is 9.93 Å². The number of hydrogen-bond donors (Lipinski definition) is 1. The maximum atomic E-state index is 11.9. The van der Waals surface area contributed by atoms with Gasteiger partial charge in [-0.2, -0.15) is 11.8 Å². The van der Waals surface area contributed by atoms with E-state index < -0.39 is 0 Å². The summed E-state index contributed by atoms with van der Waals surface area (Å²) in [6.07, 6.45) is 2.87. The van der Waals surface area contributed by atoms with Gasteiger partial charge in [-0.05, 0) is 19.6 Å². The molecule has 1 atom stereocenters. The van der Waals surface area contributed by atoms with Gasteiger partial charge in [0.2, 0.25) is 5.13 Å². The quantitative estimate of drug-likeness (QED) is 0.895. The molecule has 0 unspecified atom stereocenters. The average molecular weight is 274 g/mol. The molecule has 1 aromatic rings. The van der Waals surface area contributed by atoms with Crippen LogP contribution < -0.4 is 5.32 Å². The van der Waals surface area contributed by atoms with Crippen LogP contribution in [0.3, 0.4) is 0 Å². The fourth-order valence-electron chi connectivity index (χ4n) is 1.18. The van der Waals surface area contributed by atoms with Crippen LogP contribution in [-0.4, -0.2) is 46.2 Å². The van der Waals surface area contributed by atoms with E-state index in [2.05, 4.69) is 15.5 Å². The summed E-state index contributed by atoms with van der Waals surface area (Å²) in [4.78, 5) is 13.6. The highest BCUT2D eigenvalue weighted by molar-refractivity contribution is 7.98. The van der Waals surface area contributed by atoms with Crippen molar-refractivity contribution < 1.29 is 4.79 Å². The molecule has 5 nitrogen and oxygen atoms in total. The highest BCUT2D eigenvalue weighted by atomic mass is 32.2. The number of anilines is 1. The van der Waals surface area contributed by atoms with Crippen LogP contribution in [-0.2, 0) is 6.42 Å². The maximum absolute atomic E-state index is 11.9. The third-order valence-corrected chi connectivity index (χ3v) is 4.17. The van der Waals surface area contributed by atoms with Crippen LogP contribution in [0.5, 0.6) is 0 Å². The Morgan fingerprint density at radius 3 is 2.82 bits per heavy atom. The third-order valence-electron chi connectivity index (χ3n) is 2.37. The zero-order valence-corrected chi connectivity index (χ0v) is 12.2. The van der Waals surface area contributed by atoms with E-state index in [1.165, 1.54) is 11.3 Å². The van der Waals surface area contributed by atoms with Crippen LogP contribution in [0.1, 0.15) is 18.9 Å². The first-order chi connectivity index (χ1) is 8.08. The normalized spacial score (nSPS) is 12.2. The molecule has 17 heavy (non-hydrogen) atoms. The van der Waals surface area contributed by atoms with Gasteiger partial charge in [-0.25, -0.2) is 4.79 Å². The molecule has 0 spiro atoms. The topological polar surface area (TPSA) is 58.1 Å². The molecule has 0 saturated heterocycles. The van der Waals surface area contributed by atoms with Gasteiger partial charge in [0.15, 0.2) is 0 Å². The minimum Gasteiger partial charge on any atom is -0.324 e. The van der Waals surface area contributed by atoms with E-state index in [0.29, 0.717) is 5.13 Å². The van der Waals surface area contributed by atoms with Gasteiger partial charge in [-0.3, -0.25) is 5.32 Å². The number of carbonyl (C=O) groups is 1. The Kier molecular flexibility index (Phi) is 5.70. The van der Waals surface area contributed by atoms with E-state index in [9.17, 15) is 4.79 Å². The molecule has 1 heterocycles. The molecule has 0 aromatic carbocycles. The number of amides is 2. The van der Waals surface area contributed by atoms with Gasteiger partial charge in [-0.1, -0.05) is 18.3 Å². The van der Waals surface area contributed by atoms with Crippen molar-refractivity contribution >= 4 is 34.3 Å².